The van der Waals surface area contributed by atoms with Crippen LogP contribution < -0.4 is 15.0 Å². The van der Waals surface area contributed by atoms with Gasteiger partial charge in [-0.3, -0.25) is 14.9 Å². The van der Waals surface area contributed by atoms with E-state index in [-0.39, 0.29) is 5.57 Å². The highest BCUT2D eigenvalue weighted by Gasteiger charge is 2.36. The normalized spacial score (nSPS) is 15.0. The number of pyridine rings is 1. The predicted molar refractivity (Wildman–Crippen MR) is 135 cm³/mol. The minimum atomic E-state index is -0.773. The quantitative estimate of drug-likeness (QED) is 0.201. The SMILES string of the molecule is COc1ccc(/C=C2/C(=O)NC(=O)N(c3ccc(I)cc3)C2=O)cc1CSc1ccccn1. The number of ether oxygens (including phenoxy) is 1. The average molecular weight is 571 g/mol. The van der Waals surface area contributed by atoms with Crippen molar-refractivity contribution < 1.29 is 19.1 Å². The van der Waals surface area contributed by atoms with E-state index in [4.69, 9.17) is 4.74 Å². The topological polar surface area (TPSA) is 88.6 Å². The highest BCUT2D eigenvalue weighted by molar-refractivity contribution is 14.1. The van der Waals surface area contributed by atoms with E-state index >= 15 is 0 Å². The van der Waals surface area contributed by atoms with Gasteiger partial charge in [0.15, 0.2) is 0 Å². The molecule has 166 valence electrons. The average Bonchev–Trinajstić information content (AvgIpc) is 2.82. The van der Waals surface area contributed by atoms with Gasteiger partial charge in [-0.1, -0.05) is 12.1 Å². The third-order valence-corrected chi connectivity index (χ3v) is 6.53. The summed E-state index contributed by atoms with van der Waals surface area (Å²) in [4.78, 5) is 43.2. The van der Waals surface area contributed by atoms with Crippen LogP contribution in [0.15, 0.2) is 77.5 Å². The molecule has 0 bridgehead atoms. The number of nitrogens with zero attached hydrogens (tertiary/aromatic N) is 2. The maximum atomic E-state index is 13.1. The van der Waals surface area contributed by atoms with E-state index in [1.807, 2.05) is 24.3 Å². The number of carbonyl (C=O) groups excluding carboxylic acids is 3. The summed E-state index contributed by atoms with van der Waals surface area (Å²) in [5.41, 5.74) is 1.79. The number of imide groups is 2. The van der Waals surface area contributed by atoms with E-state index in [2.05, 4.69) is 32.9 Å². The van der Waals surface area contributed by atoms with E-state index in [0.717, 1.165) is 19.1 Å². The zero-order valence-electron chi connectivity index (χ0n) is 17.4. The maximum absolute atomic E-state index is 13.1. The number of barbiturate groups is 1. The summed E-state index contributed by atoms with van der Waals surface area (Å²) >= 11 is 3.68. The van der Waals surface area contributed by atoms with E-state index in [1.54, 1.807) is 61.5 Å². The molecule has 0 saturated carbocycles. The minimum absolute atomic E-state index is 0.123. The minimum Gasteiger partial charge on any atom is -0.496 e. The monoisotopic (exact) mass is 571 g/mol. The number of halogens is 1. The van der Waals surface area contributed by atoms with Gasteiger partial charge < -0.3 is 4.74 Å². The van der Waals surface area contributed by atoms with Crippen molar-refractivity contribution in [2.75, 3.05) is 12.0 Å². The first-order chi connectivity index (χ1) is 16.0. The van der Waals surface area contributed by atoms with Crippen molar-refractivity contribution >= 4 is 64.0 Å². The molecule has 1 aliphatic heterocycles. The van der Waals surface area contributed by atoms with Crippen molar-refractivity contribution in [3.05, 3.63) is 87.1 Å². The predicted octanol–water partition coefficient (Wildman–Crippen LogP) is 4.65. The number of aromatic nitrogens is 1. The van der Waals surface area contributed by atoms with Gasteiger partial charge in [-0.15, -0.1) is 11.8 Å². The molecule has 9 heteroatoms. The van der Waals surface area contributed by atoms with Crippen LogP contribution in [0.3, 0.4) is 0 Å². The zero-order chi connectivity index (χ0) is 23.4. The van der Waals surface area contributed by atoms with E-state index in [1.165, 1.54) is 6.08 Å². The third kappa shape index (κ3) is 5.25. The summed E-state index contributed by atoms with van der Waals surface area (Å²) in [5, 5.41) is 3.12. The Hall–Kier alpha value is -3.18. The zero-order valence-corrected chi connectivity index (χ0v) is 20.4. The number of amides is 4. The number of nitrogens with one attached hydrogen (secondary N) is 1. The van der Waals surface area contributed by atoms with Crippen LogP contribution in [-0.2, 0) is 15.3 Å². The number of thioether (sulfide) groups is 1. The molecule has 2 aromatic carbocycles. The molecule has 0 aliphatic carbocycles. The van der Waals surface area contributed by atoms with E-state index < -0.39 is 17.8 Å². The molecule has 0 atom stereocenters. The molecule has 3 aromatic rings. The second kappa shape index (κ2) is 10.2. The lowest BCUT2D eigenvalue weighted by atomic mass is 10.0. The molecule has 1 fully saturated rings. The van der Waals surface area contributed by atoms with Crippen molar-refractivity contribution in [2.24, 2.45) is 0 Å². The van der Waals surface area contributed by atoms with Gasteiger partial charge in [-0.2, -0.15) is 0 Å². The second-order valence-corrected chi connectivity index (χ2v) is 9.20. The van der Waals surface area contributed by atoms with Crippen LogP contribution >= 0.6 is 34.4 Å². The van der Waals surface area contributed by atoms with Crippen LogP contribution in [0.5, 0.6) is 5.75 Å². The van der Waals surface area contributed by atoms with Gasteiger partial charge in [-0.25, -0.2) is 14.7 Å². The van der Waals surface area contributed by atoms with E-state index in [0.29, 0.717) is 22.8 Å². The molecular weight excluding hydrogens is 553 g/mol. The molecule has 0 spiro atoms. The number of methoxy groups -OCH3 is 1. The van der Waals surface area contributed by atoms with Crippen LogP contribution in [0.2, 0.25) is 0 Å². The molecule has 1 saturated heterocycles. The Morgan fingerprint density at radius 3 is 2.58 bits per heavy atom. The van der Waals surface area contributed by atoms with Gasteiger partial charge >= 0.3 is 6.03 Å². The Morgan fingerprint density at radius 1 is 1.09 bits per heavy atom. The molecule has 0 radical (unpaired) electrons. The van der Waals surface area contributed by atoms with Crippen molar-refractivity contribution in [1.29, 1.82) is 0 Å². The van der Waals surface area contributed by atoms with Crippen LogP contribution in [0.25, 0.3) is 6.08 Å². The summed E-state index contributed by atoms with van der Waals surface area (Å²) in [6.45, 7) is 0. The lowest BCUT2D eigenvalue weighted by Crippen LogP contribution is -2.54. The number of carbonyl (C=O) groups is 3. The summed E-state index contributed by atoms with van der Waals surface area (Å²) in [5.74, 6) is -0.127. The molecule has 4 rings (SSSR count). The largest absolute Gasteiger partial charge is 0.496 e. The van der Waals surface area contributed by atoms with Gasteiger partial charge in [0, 0.05) is 21.1 Å². The Balaban J connectivity index is 1.63. The summed E-state index contributed by atoms with van der Waals surface area (Å²) in [6, 6.07) is 17.2. The van der Waals surface area contributed by atoms with Crippen molar-refractivity contribution in [2.45, 2.75) is 10.8 Å². The van der Waals surface area contributed by atoms with Crippen molar-refractivity contribution in [3.63, 3.8) is 0 Å². The molecule has 1 aromatic heterocycles. The van der Waals surface area contributed by atoms with Crippen LogP contribution in [0, 0.1) is 3.57 Å². The van der Waals surface area contributed by atoms with Crippen LogP contribution in [-0.4, -0.2) is 29.9 Å². The van der Waals surface area contributed by atoms with Gasteiger partial charge in [0.1, 0.15) is 11.3 Å². The van der Waals surface area contributed by atoms with Crippen molar-refractivity contribution in [3.8, 4) is 5.75 Å². The van der Waals surface area contributed by atoms with Gasteiger partial charge in [-0.05, 0) is 82.8 Å². The van der Waals surface area contributed by atoms with Crippen LogP contribution in [0.1, 0.15) is 11.1 Å². The lowest BCUT2D eigenvalue weighted by molar-refractivity contribution is -0.122. The number of anilines is 1. The number of hydrogen-bond donors (Lipinski definition) is 1. The Morgan fingerprint density at radius 2 is 1.88 bits per heavy atom. The Kier molecular flexibility index (Phi) is 7.09. The molecule has 4 amide bonds. The maximum Gasteiger partial charge on any atom is 0.335 e. The summed E-state index contributed by atoms with van der Waals surface area (Å²) < 4.78 is 6.43. The second-order valence-electron chi connectivity index (χ2n) is 6.96. The number of benzene rings is 2. The highest BCUT2D eigenvalue weighted by Crippen LogP contribution is 2.29. The van der Waals surface area contributed by atoms with E-state index in [9.17, 15) is 14.4 Å². The first-order valence-corrected chi connectivity index (χ1v) is 11.9. The third-order valence-electron chi connectivity index (χ3n) is 4.82. The number of urea groups is 1. The van der Waals surface area contributed by atoms with Gasteiger partial charge in [0.25, 0.3) is 11.8 Å². The first-order valence-electron chi connectivity index (χ1n) is 9.84. The molecular formula is C24H18IN3O4S. The molecule has 0 unspecified atom stereocenters. The summed E-state index contributed by atoms with van der Waals surface area (Å²) in [6.07, 6.45) is 3.21. The fourth-order valence-corrected chi connectivity index (χ4v) is 4.43. The standard InChI is InChI=1S/C24H18IN3O4S/c1-32-20-10-5-15(12-16(20)14-33-21-4-2-3-11-26-21)13-19-22(29)27-24(31)28(23(19)30)18-8-6-17(25)7-9-18/h2-13H,14H2,1H3,(H,27,29,31)/b19-13-. The molecule has 1 N–H and O–H groups in total. The van der Waals surface area contributed by atoms with Gasteiger partial charge in [0.05, 0.1) is 17.8 Å². The van der Waals surface area contributed by atoms with Gasteiger partial charge in [0.2, 0.25) is 0 Å². The van der Waals surface area contributed by atoms with Crippen LogP contribution in [0.4, 0.5) is 10.5 Å². The molecule has 2 heterocycles. The summed E-state index contributed by atoms with van der Waals surface area (Å²) in [7, 11) is 1.59. The lowest BCUT2D eigenvalue weighted by Gasteiger charge is -2.26. The number of hydrogen-bond acceptors (Lipinski definition) is 6. The fourth-order valence-electron chi connectivity index (χ4n) is 3.23. The Bertz CT molecular complexity index is 1250. The first kappa shape index (κ1) is 23.0. The Labute approximate surface area is 208 Å². The highest BCUT2D eigenvalue weighted by atomic mass is 127. The van der Waals surface area contributed by atoms with Crippen molar-refractivity contribution in [1.82, 2.24) is 10.3 Å². The fraction of sp³-hybridized carbons (Fsp3) is 0.0833. The number of rotatable bonds is 6. The molecule has 33 heavy (non-hydrogen) atoms. The smallest absolute Gasteiger partial charge is 0.335 e. The molecule has 7 nitrogen and oxygen atoms in total. The molecule has 1 aliphatic rings.